The summed E-state index contributed by atoms with van der Waals surface area (Å²) in [7, 11) is 0. The van der Waals surface area contributed by atoms with E-state index in [4.69, 9.17) is 0 Å². The minimum absolute atomic E-state index is 0.333. The van der Waals surface area contributed by atoms with Gasteiger partial charge in [-0.1, -0.05) is 40.5 Å². The highest BCUT2D eigenvalue weighted by Gasteiger charge is 2.34. The summed E-state index contributed by atoms with van der Waals surface area (Å²) in [6.45, 7) is 9.15. The molecule has 1 aliphatic rings. The first-order valence-electron chi connectivity index (χ1n) is 7.19. The fourth-order valence-electron chi connectivity index (χ4n) is 3.29. The quantitative estimate of drug-likeness (QED) is 0.737. The van der Waals surface area contributed by atoms with E-state index in [1.807, 2.05) is 0 Å². The molecule has 1 aliphatic carbocycles. The van der Waals surface area contributed by atoms with Crippen LogP contribution in [0.25, 0.3) is 0 Å². The molecule has 0 aromatic rings. The van der Waals surface area contributed by atoms with Crippen molar-refractivity contribution in [2.24, 2.45) is 17.8 Å². The summed E-state index contributed by atoms with van der Waals surface area (Å²) in [5.41, 5.74) is -0.333. The number of hydrogen-bond acceptors (Lipinski definition) is 1. The summed E-state index contributed by atoms with van der Waals surface area (Å²) in [6, 6.07) is 0. The fraction of sp³-hybridized carbons (Fsp3) is 1.00. The van der Waals surface area contributed by atoms with Gasteiger partial charge in [0.25, 0.3) is 0 Å². The summed E-state index contributed by atoms with van der Waals surface area (Å²) >= 11 is 0. The maximum Gasteiger partial charge on any atom is 0.0650 e. The van der Waals surface area contributed by atoms with Crippen molar-refractivity contribution in [3.05, 3.63) is 0 Å². The predicted octanol–water partition coefficient (Wildman–Crippen LogP) is 4.39. The van der Waals surface area contributed by atoms with Crippen LogP contribution < -0.4 is 0 Å². The topological polar surface area (TPSA) is 20.2 Å². The highest BCUT2D eigenvalue weighted by Crippen LogP contribution is 2.39. The van der Waals surface area contributed by atoms with E-state index >= 15 is 0 Å². The Kier molecular flexibility index (Phi) is 5.30. The summed E-state index contributed by atoms with van der Waals surface area (Å²) < 4.78 is 0. The van der Waals surface area contributed by atoms with Gasteiger partial charge in [-0.15, -0.1) is 0 Å². The van der Waals surface area contributed by atoms with Crippen molar-refractivity contribution in [3.63, 3.8) is 0 Å². The zero-order valence-electron chi connectivity index (χ0n) is 11.6. The Morgan fingerprint density at radius 2 is 1.75 bits per heavy atom. The van der Waals surface area contributed by atoms with E-state index in [2.05, 4.69) is 27.7 Å². The Labute approximate surface area is 102 Å². The van der Waals surface area contributed by atoms with Gasteiger partial charge < -0.3 is 5.11 Å². The van der Waals surface area contributed by atoms with E-state index in [1.165, 1.54) is 25.7 Å². The van der Waals surface area contributed by atoms with Gasteiger partial charge in [0.15, 0.2) is 0 Å². The number of hydrogen-bond donors (Lipinski definition) is 1. The van der Waals surface area contributed by atoms with Crippen molar-refractivity contribution in [2.75, 3.05) is 0 Å². The Morgan fingerprint density at radius 1 is 1.19 bits per heavy atom. The molecule has 0 bridgehead atoms. The molecule has 1 N–H and O–H groups in total. The average Bonchev–Trinajstić information content (AvgIpc) is 2.17. The second-order valence-corrected chi connectivity index (χ2v) is 6.40. The van der Waals surface area contributed by atoms with E-state index in [0.29, 0.717) is 5.92 Å². The second-order valence-electron chi connectivity index (χ2n) is 6.40. The highest BCUT2D eigenvalue weighted by atomic mass is 16.3. The van der Waals surface area contributed by atoms with Crippen LogP contribution in [0.3, 0.4) is 0 Å². The third-order valence-electron chi connectivity index (χ3n) is 4.41. The summed E-state index contributed by atoms with van der Waals surface area (Å²) in [4.78, 5) is 0. The molecular formula is C15H30O. The zero-order valence-corrected chi connectivity index (χ0v) is 11.6. The molecule has 0 radical (unpaired) electrons. The molecule has 96 valence electrons. The van der Waals surface area contributed by atoms with Crippen LogP contribution in [0, 0.1) is 17.8 Å². The van der Waals surface area contributed by atoms with Crippen LogP contribution in [0.15, 0.2) is 0 Å². The second kappa shape index (κ2) is 6.05. The van der Waals surface area contributed by atoms with Gasteiger partial charge in [0.2, 0.25) is 0 Å². The van der Waals surface area contributed by atoms with Crippen LogP contribution in [0.1, 0.15) is 72.6 Å². The van der Waals surface area contributed by atoms with Crippen molar-refractivity contribution in [1.82, 2.24) is 0 Å². The maximum atomic E-state index is 10.6. The van der Waals surface area contributed by atoms with E-state index < -0.39 is 0 Å². The van der Waals surface area contributed by atoms with E-state index in [1.54, 1.807) is 0 Å². The molecule has 1 saturated carbocycles. The first kappa shape index (κ1) is 14.0. The van der Waals surface area contributed by atoms with Crippen molar-refractivity contribution in [1.29, 1.82) is 0 Å². The Bertz CT molecular complexity index is 190. The predicted molar refractivity (Wildman–Crippen MR) is 70.4 cm³/mol. The molecule has 0 spiro atoms. The highest BCUT2D eigenvalue weighted by molar-refractivity contribution is 4.87. The first-order chi connectivity index (χ1) is 7.47. The smallest absolute Gasteiger partial charge is 0.0650 e. The third-order valence-corrected chi connectivity index (χ3v) is 4.41. The van der Waals surface area contributed by atoms with Crippen molar-refractivity contribution in [2.45, 2.75) is 78.2 Å². The lowest BCUT2D eigenvalue weighted by Gasteiger charge is -2.39. The number of aliphatic hydroxyl groups is 1. The van der Waals surface area contributed by atoms with E-state index in [-0.39, 0.29) is 5.60 Å². The molecule has 1 unspecified atom stereocenters. The van der Waals surface area contributed by atoms with Crippen LogP contribution in [0.5, 0.6) is 0 Å². The van der Waals surface area contributed by atoms with Gasteiger partial charge >= 0.3 is 0 Å². The summed E-state index contributed by atoms with van der Waals surface area (Å²) in [5, 5.41) is 10.6. The molecule has 0 amide bonds. The SMILES string of the molecule is CCCC(C)CC1(O)CCC(C(C)C)CC1. The molecule has 0 aromatic carbocycles. The number of rotatable bonds is 5. The maximum absolute atomic E-state index is 10.6. The molecule has 1 nitrogen and oxygen atoms in total. The Morgan fingerprint density at radius 3 is 2.19 bits per heavy atom. The Hall–Kier alpha value is -0.0400. The average molecular weight is 226 g/mol. The monoisotopic (exact) mass is 226 g/mol. The van der Waals surface area contributed by atoms with Gasteiger partial charge in [-0.3, -0.25) is 0 Å². The zero-order chi connectivity index (χ0) is 12.2. The lowest BCUT2D eigenvalue weighted by Crippen LogP contribution is -2.36. The molecule has 16 heavy (non-hydrogen) atoms. The molecule has 0 saturated heterocycles. The van der Waals surface area contributed by atoms with Crippen molar-refractivity contribution in [3.8, 4) is 0 Å². The molecule has 1 fully saturated rings. The molecule has 0 aliphatic heterocycles. The van der Waals surface area contributed by atoms with Gasteiger partial charge in [-0.25, -0.2) is 0 Å². The molecule has 1 heteroatoms. The first-order valence-corrected chi connectivity index (χ1v) is 7.19. The lowest BCUT2D eigenvalue weighted by molar-refractivity contribution is -0.0332. The minimum atomic E-state index is -0.333. The minimum Gasteiger partial charge on any atom is -0.390 e. The van der Waals surface area contributed by atoms with Gasteiger partial charge in [-0.2, -0.15) is 0 Å². The van der Waals surface area contributed by atoms with Crippen LogP contribution in [-0.2, 0) is 0 Å². The van der Waals surface area contributed by atoms with Gasteiger partial charge in [0.1, 0.15) is 0 Å². The van der Waals surface area contributed by atoms with Crippen molar-refractivity contribution < 1.29 is 5.11 Å². The molecule has 1 rings (SSSR count). The molecule has 0 heterocycles. The van der Waals surface area contributed by atoms with Gasteiger partial charge in [0, 0.05) is 0 Å². The van der Waals surface area contributed by atoms with Crippen LogP contribution in [0.4, 0.5) is 0 Å². The van der Waals surface area contributed by atoms with E-state index in [0.717, 1.165) is 31.1 Å². The normalized spacial score (nSPS) is 33.0. The van der Waals surface area contributed by atoms with Crippen LogP contribution >= 0.6 is 0 Å². The van der Waals surface area contributed by atoms with Crippen LogP contribution in [-0.4, -0.2) is 10.7 Å². The standard InChI is InChI=1S/C15H30O/c1-5-6-13(4)11-15(16)9-7-14(8-10-15)12(2)3/h12-14,16H,5-11H2,1-4H3. The molecule has 1 atom stereocenters. The fourth-order valence-corrected chi connectivity index (χ4v) is 3.29. The third kappa shape index (κ3) is 4.08. The molecule has 0 aromatic heterocycles. The van der Waals surface area contributed by atoms with Gasteiger partial charge in [-0.05, 0) is 49.9 Å². The molecular weight excluding hydrogens is 196 g/mol. The Balaban J connectivity index is 2.37. The largest absolute Gasteiger partial charge is 0.390 e. The lowest BCUT2D eigenvalue weighted by atomic mass is 9.71. The van der Waals surface area contributed by atoms with Gasteiger partial charge in [0.05, 0.1) is 5.60 Å². The van der Waals surface area contributed by atoms with E-state index in [9.17, 15) is 5.11 Å². The summed E-state index contributed by atoms with van der Waals surface area (Å²) in [5.74, 6) is 2.32. The van der Waals surface area contributed by atoms with Crippen molar-refractivity contribution >= 4 is 0 Å². The van der Waals surface area contributed by atoms with Crippen LogP contribution in [0.2, 0.25) is 0 Å². The summed E-state index contributed by atoms with van der Waals surface area (Å²) in [6.07, 6.45) is 8.04.